The number of rotatable bonds is 5. The summed E-state index contributed by atoms with van der Waals surface area (Å²) in [5.41, 5.74) is 1.97. The lowest BCUT2D eigenvalue weighted by Crippen LogP contribution is -2.29. The molecular weight excluding hydrogens is 278 g/mol. The molecule has 1 N–H and O–H groups in total. The molecule has 0 aromatic heterocycles. The molecule has 4 heteroatoms. The summed E-state index contributed by atoms with van der Waals surface area (Å²) in [6, 6.07) is 16.3. The summed E-state index contributed by atoms with van der Waals surface area (Å²) in [5.74, 6) is -0.0614. The second kappa shape index (κ2) is 7.41. The maximum atomic E-state index is 12.1. The topological polar surface area (TPSA) is 55.4 Å². The number of hydrogen-bond donors (Lipinski definition) is 1. The quantitative estimate of drug-likeness (QED) is 0.681. The largest absolute Gasteiger partial charge is 0.426 e. The maximum absolute atomic E-state index is 12.1. The van der Waals surface area contributed by atoms with Crippen LogP contribution in [0.2, 0.25) is 0 Å². The number of ether oxygens (including phenoxy) is 1. The van der Waals surface area contributed by atoms with Gasteiger partial charge < -0.3 is 10.1 Å². The summed E-state index contributed by atoms with van der Waals surface area (Å²) in [5, 5.41) is 2.78. The first-order valence-corrected chi connectivity index (χ1v) is 7.14. The molecule has 0 fully saturated rings. The molecule has 0 bridgehead atoms. The predicted octanol–water partition coefficient (Wildman–Crippen LogP) is 3.17. The molecule has 1 atom stereocenters. The Bertz CT molecular complexity index is 635. The molecule has 0 aliphatic heterocycles. The number of esters is 1. The van der Waals surface area contributed by atoms with Crippen LogP contribution < -0.4 is 10.1 Å². The van der Waals surface area contributed by atoms with E-state index in [1.165, 1.54) is 6.92 Å². The molecule has 4 nitrogen and oxygen atoms in total. The molecule has 114 valence electrons. The molecular formula is C18H19NO3. The molecule has 22 heavy (non-hydrogen) atoms. The first-order valence-electron chi connectivity index (χ1n) is 7.14. The van der Waals surface area contributed by atoms with Crippen molar-refractivity contribution in [2.75, 3.05) is 0 Å². The highest BCUT2D eigenvalue weighted by Crippen LogP contribution is 2.19. The van der Waals surface area contributed by atoms with E-state index in [4.69, 9.17) is 4.74 Å². The van der Waals surface area contributed by atoms with E-state index in [1.54, 1.807) is 12.1 Å². The predicted molar refractivity (Wildman–Crippen MR) is 84.4 cm³/mol. The Balaban J connectivity index is 2.04. The Kier molecular flexibility index (Phi) is 5.31. The average Bonchev–Trinajstić information content (AvgIpc) is 2.49. The van der Waals surface area contributed by atoms with Crippen molar-refractivity contribution in [1.29, 1.82) is 0 Å². The average molecular weight is 297 g/mol. The van der Waals surface area contributed by atoms with E-state index >= 15 is 0 Å². The third kappa shape index (κ3) is 4.74. The molecule has 0 aliphatic rings. The summed E-state index contributed by atoms with van der Waals surface area (Å²) < 4.78 is 5.31. The summed E-state index contributed by atoms with van der Waals surface area (Å²) >= 11 is 0. The molecule has 2 rings (SSSR count). The Labute approximate surface area is 130 Å². The summed E-state index contributed by atoms with van der Waals surface area (Å²) in [6.45, 7) is 3.40. The SMILES string of the molecule is CC(=O)N[C@H](CC(=O)Oc1ccc(C)cc1)c1ccccc1. The zero-order valence-electron chi connectivity index (χ0n) is 12.7. The van der Waals surface area contributed by atoms with Crippen molar-refractivity contribution in [1.82, 2.24) is 5.32 Å². The summed E-state index contributed by atoms with van der Waals surface area (Å²) in [6.07, 6.45) is 0.0808. The lowest BCUT2D eigenvalue weighted by molar-refractivity contribution is -0.135. The van der Waals surface area contributed by atoms with Gasteiger partial charge >= 0.3 is 5.97 Å². The maximum Gasteiger partial charge on any atom is 0.313 e. The van der Waals surface area contributed by atoms with Crippen LogP contribution in [0.4, 0.5) is 0 Å². The zero-order valence-corrected chi connectivity index (χ0v) is 12.7. The monoisotopic (exact) mass is 297 g/mol. The van der Waals surface area contributed by atoms with Crippen LogP contribution in [0.5, 0.6) is 5.75 Å². The third-order valence-electron chi connectivity index (χ3n) is 3.20. The van der Waals surface area contributed by atoms with Crippen molar-refractivity contribution in [3.05, 3.63) is 65.7 Å². The van der Waals surface area contributed by atoms with Gasteiger partial charge in [0.25, 0.3) is 0 Å². The van der Waals surface area contributed by atoms with Crippen molar-refractivity contribution >= 4 is 11.9 Å². The first-order chi connectivity index (χ1) is 10.5. The van der Waals surface area contributed by atoms with E-state index < -0.39 is 6.04 Å². The standard InChI is InChI=1S/C18H19NO3/c1-13-8-10-16(11-9-13)22-18(21)12-17(19-14(2)20)15-6-4-3-5-7-15/h3-11,17H,12H2,1-2H3,(H,19,20)/t17-/m1/s1. The molecule has 2 aromatic carbocycles. The molecule has 0 heterocycles. The molecule has 0 radical (unpaired) electrons. The van der Waals surface area contributed by atoms with Crippen LogP contribution in [0.15, 0.2) is 54.6 Å². The van der Waals surface area contributed by atoms with Crippen molar-refractivity contribution in [2.24, 2.45) is 0 Å². The fourth-order valence-corrected chi connectivity index (χ4v) is 2.13. The molecule has 1 amide bonds. The Hall–Kier alpha value is -2.62. The van der Waals surface area contributed by atoms with Gasteiger partial charge in [0.15, 0.2) is 0 Å². The van der Waals surface area contributed by atoms with Gasteiger partial charge in [0, 0.05) is 6.92 Å². The zero-order chi connectivity index (χ0) is 15.9. The van der Waals surface area contributed by atoms with Gasteiger partial charge in [-0.3, -0.25) is 9.59 Å². The second-order valence-corrected chi connectivity index (χ2v) is 5.16. The van der Waals surface area contributed by atoms with Crippen LogP contribution in [0.3, 0.4) is 0 Å². The lowest BCUT2D eigenvalue weighted by atomic mass is 10.0. The van der Waals surface area contributed by atoms with E-state index in [2.05, 4.69) is 5.32 Å². The molecule has 2 aromatic rings. The third-order valence-corrected chi connectivity index (χ3v) is 3.20. The van der Waals surface area contributed by atoms with Crippen molar-refractivity contribution in [2.45, 2.75) is 26.3 Å². The van der Waals surface area contributed by atoms with Crippen molar-refractivity contribution < 1.29 is 14.3 Å². The molecule has 0 saturated heterocycles. The van der Waals surface area contributed by atoms with E-state index in [0.29, 0.717) is 5.75 Å². The van der Waals surface area contributed by atoms with Gasteiger partial charge in [0.2, 0.25) is 5.91 Å². The van der Waals surface area contributed by atoms with E-state index in [1.807, 2.05) is 49.4 Å². The van der Waals surface area contributed by atoms with Crippen LogP contribution >= 0.6 is 0 Å². The number of amides is 1. The molecule has 0 saturated carbocycles. The Morgan fingerprint density at radius 2 is 1.68 bits per heavy atom. The fraction of sp³-hybridized carbons (Fsp3) is 0.222. The second-order valence-electron chi connectivity index (χ2n) is 5.16. The van der Waals surface area contributed by atoms with Crippen molar-refractivity contribution in [3.63, 3.8) is 0 Å². The Morgan fingerprint density at radius 3 is 2.27 bits per heavy atom. The van der Waals surface area contributed by atoms with Gasteiger partial charge in [0.05, 0.1) is 12.5 Å². The van der Waals surface area contributed by atoms with Crippen LogP contribution in [-0.2, 0) is 9.59 Å². The van der Waals surface area contributed by atoms with Gasteiger partial charge in [-0.05, 0) is 24.6 Å². The van der Waals surface area contributed by atoms with Crippen LogP contribution in [0.1, 0.15) is 30.5 Å². The minimum Gasteiger partial charge on any atom is -0.426 e. The summed E-state index contributed by atoms with van der Waals surface area (Å²) in [4.78, 5) is 23.4. The molecule has 0 aliphatic carbocycles. The van der Waals surface area contributed by atoms with Gasteiger partial charge in [-0.2, -0.15) is 0 Å². The highest BCUT2D eigenvalue weighted by molar-refractivity contribution is 5.77. The number of nitrogens with one attached hydrogen (secondary N) is 1. The van der Waals surface area contributed by atoms with E-state index in [9.17, 15) is 9.59 Å². The highest BCUT2D eigenvalue weighted by Gasteiger charge is 2.18. The number of aryl methyl sites for hydroxylation is 1. The number of benzene rings is 2. The number of carbonyl (C=O) groups is 2. The summed E-state index contributed by atoms with van der Waals surface area (Å²) in [7, 11) is 0. The lowest BCUT2D eigenvalue weighted by Gasteiger charge is -2.17. The smallest absolute Gasteiger partial charge is 0.313 e. The highest BCUT2D eigenvalue weighted by atomic mass is 16.5. The van der Waals surface area contributed by atoms with Gasteiger partial charge in [-0.25, -0.2) is 0 Å². The van der Waals surface area contributed by atoms with Crippen molar-refractivity contribution in [3.8, 4) is 5.75 Å². The van der Waals surface area contributed by atoms with Gasteiger partial charge in [-0.15, -0.1) is 0 Å². The van der Waals surface area contributed by atoms with E-state index in [0.717, 1.165) is 11.1 Å². The van der Waals surface area contributed by atoms with E-state index in [-0.39, 0.29) is 18.3 Å². The van der Waals surface area contributed by atoms with Crippen LogP contribution in [0, 0.1) is 6.92 Å². The van der Waals surface area contributed by atoms with Gasteiger partial charge in [0.1, 0.15) is 5.75 Å². The number of carbonyl (C=O) groups excluding carboxylic acids is 2. The first kappa shape index (κ1) is 15.8. The minimum atomic E-state index is -0.392. The number of hydrogen-bond acceptors (Lipinski definition) is 3. The molecule has 0 unspecified atom stereocenters. The van der Waals surface area contributed by atoms with Crippen LogP contribution in [-0.4, -0.2) is 11.9 Å². The Morgan fingerprint density at radius 1 is 1.05 bits per heavy atom. The molecule has 0 spiro atoms. The normalized spacial score (nSPS) is 11.5. The fourth-order valence-electron chi connectivity index (χ4n) is 2.13. The minimum absolute atomic E-state index is 0.0808. The van der Waals surface area contributed by atoms with Gasteiger partial charge in [-0.1, -0.05) is 48.0 Å². The van der Waals surface area contributed by atoms with Crippen LogP contribution in [0.25, 0.3) is 0 Å².